The summed E-state index contributed by atoms with van der Waals surface area (Å²) >= 11 is 8.92. The average molecular weight is 675 g/mol. The summed E-state index contributed by atoms with van der Waals surface area (Å²) in [5.74, 6) is 0.0440. The molecule has 7 nitrogen and oxygen atoms in total. The van der Waals surface area contributed by atoms with Crippen LogP contribution in [0.2, 0.25) is 5.02 Å². The number of halogens is 2. The van der Waals surface area contributed by atoms with Crippen LogP contribution < -0.4 is 14.8 Å². The van der Waals surface area contributed by atoms with E-state index >= 15 is 0 Å². The van der Waals surface area contributed by atoms with Gasteiger partial charge in [0.15, 0.2) is 11.5 Å². The molecule has 1 N–H and O–H groups in total. The maximum atomic E-state index is 13.0. The molecular formula is C29H24ClIN2O5S. The minimum atomic E-state index is -0.532. The highest BCUT2D eigenvalue weighted by Gasteiger charge is 2.36. The Bertz CT molecular complexity index is 1440. The predicted molar refractivity (Wildman–Crippen MR) is 163 cm³/mol. The summed E-state index contributed by atoms with van der Waals surface area (Å²) in [6.45, 7) is 3.76. The smallest absolute Gasteiger partial charge is 0.294 e. The number of benzene rings is 3. The molecule has 0 spiro atoms. The normalized spacial score (nSPS) is 14.0. The number of carbonyl (C=O) groups excluding carboxylic acids is 3. The lowest BCUT2D eigenvalue weighted by molar-refractivity contribution is -0.127. The Kier molecular flexibility index (Phi) is 9.71. The Hall–Kier alpha value is -3.28. The SMILES string of the molecule is C=CCc1cc(/C=C2\SC(=O)N(CC(=O)Nc3ccc(I)cc3)C2=O)cc(OC)c1OCc1ccc(Cl)cc1. The van der Waals surface area contributed by atoms with Gasteiger partial charge in [-0.1, -0.05) is 29.8 Å². The second kappa shape index (κ2) is 13.2. The fraction of sp³-hybridized carbons (Fsp3) is 0.138. The number of hydrogen-bond donors (Lipinski definition) is 1. The molecule has 1 aliphatic rings. The Morgan fingerprint density at radius 3 is 2.51 bits per heavy atom. The number of methoxy groups -OCH3 is 1. The lowest BCUT2D eigenvalue weighted by Gasteiger charge is -2.16. The summed E-state index contributed by atoms with van der Waals surface area (Å²) in [5.41, 5.74) is 2.98. The van der Waals surface area contributed by atoms with E-state index in [2.05, 4.69) is 34.5 Å². The number of rotatable bonds is 10. The van der Waals surface area contributed by atoms with E-state index in [0.29, 0.717) is 40.8 Å². The quantitative estimate of drug-likeness (QED) is 0.143. The van der Waals surface area contributed by atoms with Crippen LogP contribution in [-0.4, -0.2) is 35.6 Å². The predicted octanol–water partition coefficient (Wildman–Crippen LogP) is 6.94. The van der Waals surface area contributed by atoms with E-state index in [9.17, 15) is 14.4 Å². The van der Waals surface area contributed by atoms with Crippen molar-refractivity contribution in [2.75, 3.05) is 19.0 Å². The third-order valence-electron chi connectivity index (χ3n) is 5.64. The number of hydrogen-bond acceptors (Lipinski definition) is 6. The van der Waals surface area contributed by atoms with Crippen molar-refractivity contribution in [2.24, 2.45) is 0 Å². The number of thioether (sulfide) groups is 1. The molecule has 39 heavy (non-hydrogen) atoms. The molecule has 10 heteroatoms. The van der Waals surface area contributed by atoms with Crippen molar-refractivity contribution in [2.45, 2.75) is 13.0 Å². The second-order valence-electron chi connectivity index (χ2n) is 8.44. The molecule has 0 aromatic heterocycles. The van der Waals surface area contributed by atoms with E-state index in [1.807, 2.05) is 30.3 Å². The molecule has 1 heterocycles. The van der Waals surface area contributed by atoms with Gasteiger partial charge in [-0.25, -0.2) is 0 Å². The van der Waals surface area contributed by atoms with Gasteiger partial charge < -0.3 is 14.8 Å². The molecular weight excluding hydrogens is 651 g/mol. The number of allylic oxidation sites excluding steroid dienone is 1. The number of nitrogens with zero attached hydrogens (tertiary/aromatic N) is 1. The maximum absolute atomic E-state index is 13.0. The van der Waals surface area contributed by atoms with Crippen LogP contribution in [0.5, 0.6) is 11.5 Å². The average Bonchev–Trinajstić information content (AvgIpc) is 3.17. The highest BCUT2D eigenvalue weighted by Crippen LogP contribution is 2.37. The van der Waals surface area contributed by atoms with Gasteiger partial charge in [0, 0.05) is 19.8 Å². The molecule has 0 unspecified atom stereocenters. The molecule has 0 saturated carbocycles. The largest absolute Gasteiger partial charge is 0.493 e. The van der Waals surface area contributed by atoms with Gasteiger partial charge in [0.2, 0.25) is 5.91 Å². The number of nitrogens with one attached hydrogen (secondary N) is 1. The lowest BCUT2D eigenvalue weighted by Crippen LogP contribution is -2.36. The van der Waals surface area contributed by atoms with Gasteiger partial charge in [-0.2, -0.15) is 0 Å². The Balaban J connectivity index is 1.51. The maximum Gasteiger partial charge on any atom is 0.294 e. The van der Waals surface area contributed by atoms with Crippen molar-refractivity contribution in [1.82, 2.24) is 4.90 Å². The molecule has 3 aromatic carbocycles. The van der Waals surface area contributed by atoms with Gasteiger partial charge in [-0.05, 0) is 107 Å². The molecule has 1 aliphatic heterocycles. The number of ether oxygens (including phenoxy) is 2. The van der Waals surface area contributed by atoms with Crippen molar-refractivity contribution in [3.63, 3.8) is 0 Å². The molecule has 200 valence electrons. The molecule has 4 rings (SSSR count). The Morgan fingerprint density at radius 1 is 1.13 bits per heavy atom. The zero-order valence-corrected chi connectivity index (χ0v) is 24.6. The third-order valence-corrected chi connectivity index (χ3v) is 7.51. The summed E-state index contributed by atoms with van der Waals surface area (Å²) in [7, 11) is 1.53. The first-order valence-corrected chi connectivity index (χ1v) is 14.0. The van der Waals surface area contributed by atoms with Crippen LogP contribution in [0.4, 0.5) is 10.5 Å². The zero-order chi connectivity index (χ0) is 27.9. The highest BCUT2D eigenvalue weighted by molar-refractivity contribution is 14.1. The van der Waals surface area contributed by atoms with Crippen molar-refractivity contribution < 1.29 is 23.9 Å². The molecule has 0 aliphatic carbocycles. The third kappa shape index (κ3) is 7.43. The number of imide groups is 1. The fourth-order valence-corrected chi connectivity index (χ4v) is 5.11. The molecule has 0 bridgehead atoms. The Morgan fingerprint density at radius 2 is 1.85 bits per heavy atom. The number of amides is 3. The van der Waals surface area contributed by atoms with E-state index in [-0.39, 0.29) is 11.4 Å². The standard InChI is InChI=1S/C29H24ClIN2O5S/c1-3-4-20-13-19(14-24(37-2)27(20)38-17-18-5-7-21(30)8-6-18)15-25-28(35)33(29(36)39-25)16-26(34)32-23-11-9-22(31)10-12-23/h3,5-15H,1,4,16-17H2,2H3,(H,32,34)/b25-15-. The second-order valence-corrected chi connectivity index (χ2v) is 11.1. The highest BCUT2D eigenvalue weighted by atomic mass is 127. The molecule has 0 radical (unpaired) electrons. The van der Waals surface area contributed by atoms with E-state index < -0.39 is 17.1 Å². The van der Waals surface area contributed by atoms with Gasteiger partial charge in [0.1, 0.15) is 13.2 Å². The van der Waals surface area contributed by atoms with Crippen molar-refractivity contribution >= 4 is 74.8 Å². The molecule has 0 atom stereocenters. The Labute approximate surface area is 249 Å². The topological polar surface area (TPSA) is 84.9 Å². The van der Waals surface area contributed by atoms with E-state index in [1.165, 1.54) is 7.11 Å². The molecule has 1 saturated heterocycles. The summed E-state index contributed by atoms with van der Waals surface area (Å²) in [4.78, 5) is 39.2. The van der Waals surface area contributed by atoms with Crippen LogP contribution in [-0.2, 0) is 22.6 Å². The summed E-state index contributed by atoms with van der Waals surface area (Å²) < 4.78 is 12.7. The van der Waals surface area contributed by atoms with E-state index in [1.54, 1.807) is 42.5 Å². The first-order chi connectivity index (χ1) is 18.8. The summed E-state index contributed by atoms with van der Waals surface area (Å²) in [5, 5.41) is 2.84. The minimum absolute atomic E-state index is 0.212. The van der Waals surface area contributed by atoms with Crippen molar-refractivity contribution in [3.05, 3.63) is 104 Å². The molecule has 3 aromatic rings. The number of anilines is 1. The van der Waals surface area contributed by atoms with Crippen LogP contribution in [0.3, 0.4) is 0 Å². The van der Waals surface area contributed by atoms with Crippen LogP contribution in [0, 0.1) is 3.57 Å². The summed E-state index contributed by atoms with van der Waals surface area (Å²) in [6, 6.07) is 18.2. The molecule has 1 fully saturated rings. The van der Waals surface area contributed by atoms with E-state index in [4.69, 9.17) is 21.1 Å². The van der Waals surface area contributed by atoms with E-state index in [0.717, 1.165) is 31.4 Å². The van der Waals surface area contributed by atoms with Crippen LogP contribution in [0.15, 0.2) is 78.2 Å². The molecule has 3 amide bonds. The van der Waals surface area contributed by atoms with Gasteiger partial charge >= 0.3 is 0 Å². The first kappa shape index (κ1) is 28.7. The van der Waals surface area contributed by atoms with Gasteiger partial charge in [0.05, 0.1) is 12.0 Å². The van der Waals surface area contributed by atoms with Crippen LogP contribution >= 0.6 is 46.0 Å². The van der Waals surface area contributed by atoms with Crippen molar-refractivity contribution in [3.8, 4) is 11.5 Å². The first-order valence-electron chi connectivity index (χ1n) is 11.8. The minimum Gasteiger partial charge on any atom is -0.493 e. The van der Waals surface area contributed by atoms with Crippen LogP contribution in [0.1, 0.15) is 16.7 Å². The zero-order valence-electron chi connectivity index (χ0n) is 20.9. The van der Waals surface area contributed by atoms with Gasteiger partial charge in [-0.15, -0.1) is 6.58 Å². The van der Waals surface area contributed by atoms with Crippen LogP contribution in [0.25, 0.3) is 6.08 Å². The fourth-order valence-electron chi connectivity index (χ4n) is 3.79. The monoisotopic (exact) mass is 674 g/mol. The van der Waals surface area contributed by atoms with Crippen molar-refractivity contribution in [1.29, 1.82) is 0 Å². The van der Waals surface area contributed by atoms with Gasteiger partial charge in [-0.3, -0.25) is 19.3 Å². The lowest BCUT2D eigenvalue weighted by atomic mass is 10.0. The number of carbonyl (C=O) groups is 3. The summed E-state index contributed by atoms with van der Waals surface area (Å²) in [6.07, 6.45) is 3.85. The van der Waals surface area contributed by atoms with Gasteiger partial charge in [0.25, 0.3) is 11.1 Å².